The summed E-state index contributed by atoms with van der Waals surface area (Å²) < 4.78 is 0. The lowest BCUT2D eigenvalue weighted by atomic mass is 9.70. The van der Waals surface area contributed by atoms with Gasteiger partial charge in [0.05, 0.1) is 5.41 Å². The number of amides is 2. The molecule has 1 aromatic heterocycles. The van der Waals surface area contributed by atoms with Crippen LogP contribution in [0.1, 0.15) is 39.9 Å². The normalized spacial score (nSPS) is 21.7. The molecule has 2 aromatic rings. The van der Waals surface area contributed by atoms with Gasteiger partial charge < -0.3 is 4.90 Å². The van der Waals surface area contributed by atoms with E-state index in [1.54, 1.807) is 30.0 Å². The van der Waals surface area contributed by atoms with Gasteiger partial charge in [-0.3, -0.25) is 19.8 Å². The van der Waals surface area contributed by atoms with Crippen LogP contribution in [0.4, 0.5) is 0 Å². The minimum Gasteiger partial charge on any atom is -0.338 e. The summed E-state index contributed by atoms with van der Waals surface area (Å²) in [4.78, 5) is 30.9. The minimum absolute atomic E-state index is 0.198. The predicted octanol–water partition coefficient (Wildman–Crippen LogP) is 2.11. The zero-order valence-electron chi connectivity index (χ0n) is 14.4. The van der Waals surface area contributed by atoms with E-state index in [1.807, 2.05) is 23.1 Å². The van der Waals surface area contributed by atoms with Crippen molar-refractivity contribution in [3.05, 3.63) is 65.0 Å². The number of pyridine rings is 1. The lowest BCUT2D eigenvalue weighted by Gasteiger charge is -2.33. The predicted molar refractivity (Wildman–Crippen MR) is 94.4 cm³/mol. The maximum atomic E-state index is 13.2. The van der Waals surface area contributed by atoms with E-state index in [9.17, 15) is 9.59 Å². The molecule has 1 aliphatic carbocycles. The summed E-state index contributed by atoms with van der Waals surface area (Å²) in [5.74, 6) is -0.326. The molecule has 2 aliphatic rings. The van der Waals surface area contributed by atoms with Crippen LogP contribution in [0.2, 0.25) is 0 Å². The van der Waals surface area contributed by atoms with E-state index in [0.29, 0.717) is 18.5 Å². The van der Waals surface area contributed by atoms with Crippen molar-refractivity contribution < 1.29 is 14.8 Å². The summed E-state index contributed by atoms with van der Waals surface area (Å²) in [6, 6.07) is 9.32. The number of aryl methyl sites for hydroxylation is 1. The number of hydroxylamine groups is 1. The van der Waals surface area contributed by atoms with Crippen LogP contribution in [-0.2, 0) is 24.2 Å². The fraction of sp³-hybridized carbons (Fsp3) is 0.350. The highest BCUT2D eigenvalue weighted by Crippen LogP contribution is 2.44. The molecular formula is C20H21N3O3. The lowest BCUT2D eigenvalue weighted by Crippen LogP contribution is -2.38. The van der Waals surface area contributed by atoms with E-state index in [2.05, 4.69) is 4.98 Å². The Bertz CT molecular complexity index is 853. The van der Waals surface area contributed by atoms with E-state index < -0.39 is 5.91 Å². The first-order chi connectivity index (χ1) is 12.6. The number of carbonyl (C=O) groups excluding carboxylic acids is 2. The molecule has 1 aromatic carbocycles. The Morgan fingerprint density at radius 2 is 2.15 bits per heavy atom. The van der Waals surface area contributed by atoms with Crippen molar-refractivity contribution in [1.82, 2.24) is 15.4 Å². The van der Waals surface area contributed by atoms with Crippen molar-refractivity contribution in [2.45, 2.75) is 32.2 Å². The highest BCUT2D eigenvalue weighted by Gasteiger charge is 2.48. The Morgan fingerprint density at radius 1 is 1.27 bits per heavy atom. The molecule has 2 N–H and O–H groups in total. The van der Waals surface area contributed by atoms with E-state index in [0.717, 1.165) is 36.9 Å². The number of nitrogens with one attached hydrogen (secondary N) is 1. The van der Waals surface area contributed by atoms with Crippen LogP contribution in [0.25, 0.3) is 0 Å². The van der Waals surface area contributed by atoms with Gasteiger partial charge in [-0.2, -0.15) is 0 Å². The molecule has 1 atom stereocenters. The maximum absolute atomic E-state index is 13.2. The van der Waals surface area contributed by atoms with Crippen LogP contribution >= 0.6 is 0 Å². The summed E-state index contributed by atoms with van der Waals surface area (Å²) in [6.45, 7) is 1.34. The van der Waals surface area contributed by atoms with Crippen LogP contribution < -0.4 is 5.48 Å². The average molecular weight is 351 g/mol. The third-order valence-corrected chi connectivity index (χ3v) is 5.67. The number of benzene rings is 1. The maximum Gasteiger partial charge on any atom is 0.274 e. The number of hydrogen-bond donors (Lipinski definition) is 2. The minimum atomic E-state index is -0.525. The van der Waals surface area contributed by atoms with Gasteiger partial charge in [0.1, 0.15) is 0 Å². The highest BCUT2D eigenvalue weighted by atomic mass is 16.5. The topological polar surface area (TPSA) is 82.5 Å². The van der Waals surface area contributed by atoms with E-state index in [1.165, 1.54) is 5.56 Å². The van der Waals surface area contributed by atoms with Crippen LogP contribution in [0.15, 0.2) is 42.7 Å². The molecule has 0 bridgehead atoms. The molecule has 134 valence electrons. The Morgan fingerprint density at radius 3 is 2.92 bits per heavy atom. The van der Waals surface area contributed by atoms with Gasteiger partial charge in [-0.1, -0.05) is 12.1 Å². The van der Waals surface area contributed by atoms with Gasteiger partial charge in [0.25, 0.3) is 5.91 Å². The molecule has 0 unspecified atom stereocenters. The second-order valence-electron chi connectivity index (χ2n) is 7.22. The zero-order valence-corrected chi connectivity index (χ0v) is 14.4. The number of likely N-dealkylation sites (tertiary alicyclic amines) is 1. The molecular weight excluding hydrogens is 330 g/mol. The van der Waals surface area contributed by atoms with Crippen molar-refractivity contribution in [3.8, 4) is 0 Å². The first-order valence-corrected chi connectivity index (χ1v) is 8.86. The van der Waals surface area contributed by atoms with Crippen LogP contribution in [-0.4, -0.2) is 33.5 Å². The molecule has 4 rings (SSSR count). The first kappa shape index (κ1) is 16.7. The quantitative estimate of drug-likeness (QED) is 0.655. The molecule has 6 nitrogen and oxygen atoms in total. The third-order valence-electron chi connectivity index (χ3n) is 5.67. The summed E-state index contributed by atoms with van der Waals surface area (Å²) >= 11 is 0. The third kappa shape index (κ3) is 2.86. The summed E-state index contributed by atoms with van der Waals surface area (Å²) in [6.07, 6.45) is 6.69. The number of nitrogens with zero attached hydrogens (tertiary/aromatic N) is 2. The Labute approximate surface area is 151 Å². The lowest BCUT2D eigenvalue weighted by molar-refractivity contribution is -0.137. The first-order valence-electron chi connectivity index (χ1n) is 8.86. The number of hydrogen-bond acceptors (Lipinski definition) is 4. The Balaban J connectivity index is 1.55. The SMILES string of the molecule is O=C(NO)c1ccc2c(c1)C[C@@]1(CC2)CCN(Cc2cccnc2)C1=O. The van der Waals surface area contributed by atoms with Gasteiger partial charge >= 0.3 is 0 Å². The van der Waals surface area contributed by atoms with E-state index in [-0.39, 0.29) is 11.3 Å². The van der Waals surface area contributed by atoms with Crippen molar-refractivity contribution in [2.75, 3.05) is 6.54 Å². The van der Waals surface area contributed by atoms with Crippen molar-refractivity contribution in [2.24, 2.45) is 5.41 Å². The molecule has 0 radical (unpaired) electrons. The average Bonchev–Trinajstić information content (AvgIpc) is 2.97. The van der Waals surface area contributed by atoms with Crippen molar-refractivity contribution >= 4 is 11.8 Å². The molecule has 1 spiro atoms. The van der Waals surface area contributed by atoms with Crippen molar-refractivity contribution in [1.29, 1.82) is 0 Å². The number of fused-ring (bicyclic) bond motifs is 1. The summed E-state index contributed by atoms with van der Waals surface area (Å²) in [5, 5.41) is 8.85. The van der Waals surface area contributed by atoms with Gasteiger partial charge in [0.2, 0.25) is 5.91 Å². The monoisotopic (exact) mass is 351 g/mol. The molecule has 1 fully saturated rings. The zero-order chi connectivity index (χ0) is 18.1. The Hall–Kier alpha value is -2.73. The van der Waals surface area contributed by atoms with Crippen LogP contribution in [0, 0.1) is 5.41 Å². The number of carbonyl (C=O) groups is 2. The molecule has 2 amide bonds. The molecule has 1 aliphatic heterocycles. The fourth-order valence-corrected chi connectivity index (χ4v) is 4.22. The molecule has 6 heteroatoms. The summed E-state index contributed by atoms with van der Waals surface area (Å²) in [7, 11) is 0. The smallest absolute Gasteiger partial charge is 0.274 e. The Kier molecular flexibility index (Phi) is 4.20. The van der Waals surface area contributed by atoms with Gasteiger partial charge in [0, 0.05) is 31.0 Å². The van der Waals surface area contributed by atoms with Gasteiger partial charge in [-0.15, -0.1) is 0 Å². The van der Waals surface area contributed by atoms with Crippen LogP contribution in [0.3, 0.4) is 0 Å². The van der Waals surface area contributed by atoms with Gasteiger partial charge in [-0.05, 0) is 60.6 Å². The molecule has 0 saturated carbocycles. The summed E-state index contributed by atoms with van der Waals surface area (Å²) in [5.41, 5.74) is 4.98. The molecule has 1 saturated heterocycles. The molecule has 2 heterocycles. The van der Waals surface area contributed by atoms with Crippen LogP contribution in [0.5, 0.6) is 0 Å². The second-order valence-corrected chi connectivity index (χ2v) is 7.22. The van der Waals surface area contributed by atoms with E-state index in [4.69, 9.17) is 5.21 Å². The van der Waals surface area contributed by atoms with E-state index >= 15 is 0 Å². The standard InChI is InChI=1S/C20H21N3O3/c24-18(22-26)16-4-3-15-5-6-20(11-17(15)10-16)7-9-23(19(20)25)13-14-2-1-8-21-12-14/h1-4,8,10,12,26H,5-7,9,11,13H2,(H,22,24)/t20-/m1/s1. The largest absolute Gasteiger partial charge is 0.338 e. The van der Waals surface area contributed by atoms with Gasteiger partial charge in [0.15, 0.2) is 0 Å². The second kappa shape index (κ2) is 6.53. The fourth-order valence-electron chi connectivity index (χ4n) is 4.22. The van der Waals surface area contributed by atoms with Crippen molar-refractivity contribution in [3.63, 3.8) is 0 Å². The number of rotatable bonds is 3. The van der Waals surface area contributed by atoms with Gasteiger partial charge in [-0.25, -0.2) is 5.48 Å². The highest BCUT2D eigenvalue weighted by molar-refractivity contribution is 5.93. The number of aromatic nitrogens is 1. The molecule has 26 heavy (non-hydrogen) atoms.